The fourth-order valence-electron chi connectivity index (χ4n) is 1.59. The SMILES string of the molecule is CC(C)CCCNC(C)c1ccc(Cl)nc1. The highest BCUT2D eigenvalue weighted by Gasteiger charge is 2.04. The van der Waals surface area contributed by atoms with Crippen molar-refractivity contribution in [3.63, 3.8) is 0 Å². The van der Waals surface area contributed by atoms with Gasteiger partial charge in [-0.1, -0.05) is 31.5 Å². The van der Waals surface area contributed by atoms with E-state index < -0.39 is 0 Å². The Balaban J connectivity index is 2.29. The Morgan fingerprint density at radius 1 is 1.31 bits per heavy atom. The monoisotopic (exact) mass is 240 g/mol. The first-order valence-corrected chi connectivity index (χ1v) is 6.32. The van der Waals surface area contributed by atoms with Gasteiger partial charge in [0.2, 0.25) is 0 Å². The molecule has 0 amide bonds. The van der Waals surface area contributed by atoms with Crippen LogP contribution < -0.4 is 5.32 Å². The van der Waals surface area contributed by atoms with Crippen LogP contribution in [0.2, 0.25) is 5.15 Å². The molecule has 3 heteroatoms. The molecule has 0 radical (unpaired) electrons. The summed E-state index contributed by atoms with van der Waals surface area (Å²) in [5.74, 6) is 0.786. The summed E-state index contributed by atoms with van der Waals surface area (Å²) in [6.45, 7) is 7.72. The Morgan fingerprint density at radius 2 is 2.06 bits per heavy atom. The van der Waals surface area contributed by atoms with E-state index in [1.54, 1.807) is 0 Å². The largest absolute Gasteiger partial charge is 0.310 e. The second kappa shape index (κ2) is 6.87. The van der Waals surface area contributed by atoms with E-state index in [1.165, 1.54) is 18.4 Å². The zero-order valence-corrected chi connectivity index (χ0v) is 11.1. The van der Waals surface area contributed by atoms with Gasteiger partial charge in [-0.05, 0) is 43.9 Å². The van der Waals surface area contributed by atoms with Crippen LogP contribution in [0.3, 0.4) is 0 Å². The third-order valence-corrected chi connectivity index (χ3v) is 2.88. The predicted octanol–water partition coefficient (Wildman–Crippen LogP) is 3.82. The van der Waals surface area contributed by atoms with Gasteiger partial charge in [-0.2, -0.15) is 0 Å². The number of rotatable bonds is 6. The summed E-state index contributed by atoms with van der Waals surface area (Å²) < 4.78 is 0. The molecule has 0 saturated heterocycles. The standard InChI is InChI=1S/C13H21ClN2/c1-10(2)5-4-8-15-11(3)12-6-7-13(14)16-9-12/h6-7,9-11,15H,4-5,8H2,1-3H3. The van der Waals surface area contributed by atoms with Crippen molar-refractivity contribution in [3.05, 3.63) is 29.0 Å². The second-order valence-corrected chi connectivity index (χ2v) is 5.01. The van der Waals surface area contributed by atoms with Gasteiger partial charge < -0.3 is 5.32 Å². The highest BCUT2D eigenvalue weighted by molar-refractivity contribution is 6.29. The molecule has 0 bridgehead atoms. The van der Waals surface area contributed by atoms with Gasteiger partial charge in [0.15, 0.2) is 0 Å². The summed E-state index contributed by atoms with van der Waals surface area (Å²) in [5.41, 5.74) is 1.19. The first kappa shape index (κ1) is 13.5. The Labute approximate surface area is 103 Å². The Kier molecular flexibility index (Phi) is 5.78. The summed E-state index contributed by atoms with van der Waals surface area (Å²) in [6.07, 6.45) is 4.34. The number of pyridine rings is 1. The van der Waals surface area contributed by atoms with Crippen LogP contribution in [0, 0.1) is 5.92 Å². The van der Waals surface area contributed by atoms with E-state index in [9.17, 15) is 0 Å². The lowest BCUT2D eigenvalue weighted by Gasteiger charge is -2.14. The topological polar surface area (TPSA) is 24.9 Å². The minimum Gasteiger partial charge on any atom is -0.310 e. The first-order chi connectivity index (χ1) is 7.59. The second-order valence-electron chi connectivity index (χ2n) is 4.63. The molecule has 0 saturated carbocycles. The quantitative estimate of drug-likeness (QED) is 0.604. The Hall–Kier alpha value is -0.600. The van der Waals surface area contributed by atoms with Crippen molar-refractivity contribution in [3.8, 4) is 0 Å². The molecule has 1 heterocycles. The number of nitrogens with one attached hydrogen (secondary N) is 1. The van der Waals surface area contributed by atoms with Crippen LogP contribution in [0.15, 0.2) is 18.3 Å². The van der Waals surface area contributed by atoms with Crippen LogP contribution in [-0.4, -0.2) is 11.5 Å². The van der Waals surface area contributed by atoms with Crippen molar-refractivity contribution < 1.29 is 0 Å². The van der Waals surface area contributed by atoms with Crippen LogP contribution in [0.25, 0.3) is 0 Å². The molecule has 0 aliphatic rings. The smallest absolute Gasteiger partial charge is 0.129 e. The molecule has 0 aliphatic carbocycles. The fraction of sp³-hybridized carbons (Fsp3) is 0.615. The molecule has 1 unspecified atom stereocenters. The van der Waals surface area contributed by atoms with Crippen molar-refractivity contribution in [1.82, 2.24) is 10.3 Å². The maximum atomic E-state index is 5.75. The molecule has 1 atom stereocenters. The Bertz CT molecular complexity index is 295. The molecular weight excluding hydrogens is 220 g/mol. The van der Waals surface area contributed by atoms with Crippen molar-refractivity contribution in [2.75, 3.05) is 6.54 Å². The highest BCUT2D eigenvalue weighted by Crippen LogP contribution is 2.13. The van der Waals surface area contributed by atoms with Crippen molar-refractivity contribution >= 4 is 11.6 Å². The third-order valence-electron chi connectivity index (χ3n) is 2.66. The zero-order chi connectivity index (χ0) is 12.0. The lowest BCUT2D eigenvalue weighted by atomic mass is 10.1. The van der Waals surface area contributed by atoms with Crippen LogP contribution in [0.1, 0.15) is 45.2 Å². The minimum absolute atomic E-state index is 0.344. The number of aromatic nitrogens is 1. The van der Waals surface area contributed by atoms with Gasteiger partial charge >= 0.3 is 0 Å². The van der Waals surface area contributed by atoms with Gasteiger partial charge in [0, 0.05) is 12.2 Å². The average Bonchev–Trinajstić information content (AvgIpc) is 2.25. The van der Waals surface area contributed by atoms with E-state index in [0.717, 1.165) is 12.5 Å². The molecule has 0 spiro atoms. The molecule has 1 aromatic heterocycles. The van der Waals surface area contributed by atoms with Gasteiger partial charge in [0.1, 0.15) is 5.15 Å². The summed E-state index contributed by atoms with van der Waals surface area (Å²) in [5, 5.41) is 4.04. The van der Waals surface area contributed by atoms with Crippen molar-refractivity contribution in [2.24, 2.45) is 5.92 Å². The van der Waals surface area contributed by atoms with E-state index in [2.05, 4.69) is 31.1 Å². The number of hydrogen-bond donors (Lipinski definition) is 1. The van der Waals surface area contributed by atoms with Gasteiger partial charge in [-0.25, -0.2) is 4.98 Å². The van der Waals surface area contributed by atoms with Gasteiger partial charge in [0.25, 0.3) is 0 Å². The number of hydrogen-bond acceptors (Lipinski definition) is 2. The molecule has 2 nitrogen and oxygen atoms in total. The van der Waals surface area contributed by atoms with E-state index >= 15 is 0 Å². The number of nitrogens with zero attached hydrogens (tertiary/aromatic N) is 1. The van der Waals surface area contributed by atoms with Gasteiger partial charge in [-0.3, -0.25) is 0 Å². The highest BCUT2D eigenvalue weighted by atomic mass is 35.5. The molecule has 1 N–H and O–H groups in total. The molecular formula is C13H21ClN2. The average molecular weight is 241 g/mol. The number of halogens is 1. The van der Waals surface area contributed by atoms with Crippen LogP contribution in [0.4, 0.5) is 0 Å². The Morgan fingerprint density at radius 3 is 2.62 bits per heavy atom. The lowest BCUT2D eigenvalue weighted by molar-refractivity contribution is 0.497. The molecule has 0 fully saturated rings. The van der Waals surface area contributed by atoms with Crippen LogP contribution in [-0.2, 0) is 0 Å². The molecule has 0 aliphatic heterocycles. The van der Waals surface area contributed by atoms with Crippen LogP contribution >= 0.6 is 11.6 Å². The molecule has 0 aromatic carbocycles. The zero-order valence-electron chi connectivity index (χ0n) is 10.3. The van der Waals surface area contributed by atoms with Crippen molar-refractivity contribution in [2.45, 2.75) is 39.7 Å². The molecule has 1 rings (SSSR count). The maximum absolute atomic E-state index is 5.75. The fourth-order valence-corrected chi connectivity index (χ4v) is 1.70. The minimum atomic E-state index is 0.344. The first-order valence-electron chi connectivity index (χ1n) is 5.94. The maximum Gasteiger partial charge on any atom is 0.129 e. The van der Waals surface area contributed by atoms with E-state index in [0.29, 0.717) is 11.2 Å². The summed E-state index contributed by atoms with van der Waals surface area (Å²) in [7, 11) is 0. The summed E-state index contributed by atoms with van der Waals surface area (Å²) >= 11 is 5.75. The van der Waals surface area contributed by atoms with Crippen LogP contribution in [0.5, 0.6) is 0 Å². The third kappa shape index (κ3) is 4.95. The molecule has 90 valence electrons. The molecule has 16 heavy (non-hydrogen) atoms. The normalized spacial score (nSPS) is 13.1. The van der Waals surface area contributed by atoms with E-state index in [1.807, 2.05) is 18.3 Å². The van der Waals surface area contributed by atoms with Crippen molar-refractivity contribution in [1.29, 1.82) is 0 Å². The van der Waals surface area contributed by atoms with E-state index in [-0.39, 0.29) is 0 Å². The lowest BCUT2D eigenvalue weighted by Crippen LogP contribution is -2.20. The van der Waals surface area contributed by atoms with E-state index in [4.69, 9.17) is 11.6 Å². The van der Waals surface area contributed by atoms with Gasteiger partial charge in [0.05, 0.1) is 0 Å². The van der Waals surface area contributed by atoms with Gasteiger partial charge in [-0.15, -0.1) is 0 Å². The summed E-state index contributed by atoms with van der Waals surface area (Å²) in [6, 6.07) is 4.20. The summed E-state index contributed by atoms with van der Waals surface area (Å²) in [4.78, 5) is 4.08. The predicted molar refractivity (Wildman–Crippen MR) is 69.7 cm³/mol. The molecule has 1 aromatic rings.